The summed E-state index contributed by atoms with van der Waals surface area (Å²) in [4.78, 5) is 26.6. The van der Waals surface area contributed by atoms with Crippen LogP contribution in [0.2, 0.25) is 10.0 Å². The molecular formula is C24H16Cl2FNO3S. The number of ether oxygens (including phenoxy) is 1. The van der Waals surface area contributed by atoms with Crippen LogP contribution in [0.5, 0.6) is 5.75 Å². The summed E-state index contributed by atoms with van der Waals surface area (Å²) in [6, 6.07) is 18.3. The van der Waals surface area contributed by atoms with Crippen LogP contribution in [0.1, 0.15) is 16.7 Å². The van der Waals surface area contributed by atoms with E-state index in [0.717, 1.165) is 22.2 Å². The van der Waals surface area contributed by atoms with Gasteiger partial charge in [0.2, 0.25) is 0 Å². The summed E-state index contributed by atoms with van der Waals surface area (Å²) in [5, 5.41) is 0.512. The first-order valence-electron chi connectivity index (χ1n) is 9.56. The number of hydrogen-bond acceptors (Lipinski definition) is 4. The zero-order valence-corrected chi connectivity index (χ0v) is 18.9. The van der Waals surface area contributed by atoms with Crippen molar-refractivity contribution in [3.05, 3.63) is 104 Å². The molecule has 8 heteroatoms. The molecular weight excluding hydrogens is 472 g/mol. The van der Waals surface area contributed by atoms with Gasteiger partial charge in [0.25, 0.3) is 11.1 Å². The third-order valence-electron chi connectivity index (χ3n) is 4.75. The van der Waals surface area contributed by atoms with Gasteiger partial charge in [0.1, 0.15) is 18.2 Å². The molecule has 1 aliphatic rings. The lowest BCUT2D eigenvalue weighted by Gasteiger charge is -2.13. The Morgan fingerprint density at radius 1 is 0.969 bits per heavy atom. The van der Waals surface area contributed by atoms with Crippen molar-refractivity contribution >= 4 is 52.2 Å². The number of thioether (sulfide) groups is 1. The van der Waals surface area contributed by atoms with Crippen LogP contribution in [0.3, 0.4) is 0 Å². The number of carbonyl (C=O) groups is 2. The molecule has 0 spiro atoms. The van der Waals surface area contributed by atoms with Gasteiger partial charge in [-0.05, 0) is 59.3 Å². The van der Waals surface area contributed by atoms with Crippen LogP contribution in [0.4, 0.5) is 9.18 Å². The Morgan fingerprint density at radius 2 is 1.72 bits per heavy atom. The number of imide groups is 1. The fourth-order valence-electron chi connectivity index (χ4n) is 3.04. The number of halogens is 3. The first kappa shape index (κ1) is 22.4. The Kier molecular flexibility index (Phi) is 6.84. The van der Waals surface area contributed by atoms with E-state index in [9.17, 15) is 14.0 Å². The van der Waals surface area contributed by atoms with E-state index in [1.807, 2.05) is 0 Å². The summed E-state index contributed by atoms with van der Waals surface area (Å²) in [6.45, 7) is 0.180. The van der Waals surface area contributed by atoms with Gasteiger partial charge in [-0.2, -0.15) is 0 Å². The van der Waals surface area contributed by atoms with Gasteiger partial charge in [-0.1, -0.05) is 59.6 Å². The maximum Gasteiger partial charge on any atom is 0.293 e. The molecule has 2 amide bonds. The van der Waals surface area contributed by atoms with Crippen molar-refractivity contribution in [2.75, 3.05) is 0 Å². The number of amides is 2. The Labute approximate surface area is 198 Å². The molecule has 0 saturated carbocycles. The van der Waals surface area contributed by atoms with E-state index in [1.54, 1.807) is 66.7 Å². The highest BCUT2D eigenvalue weighted by molar-refractivity contribution is 8.18. The Balaban J connectivity index is 1.42. The fourth-order valence-corrected chi connectivity index (χ4v) is 4.35. The molecule has 0 atom stereocenters. The van der Waals surface area contributed by atoms with E-state index < -0.39 is 0 Å². The van der Waals surface area contributed by atoms with Crippen molar-refractivity contribution in [3.8, 4) is 5.75 Å². The summed E-state index contributed by atoms with van der Waals surface area (Å²) in [5.41, 5.74) is 1.83. The first-order chi connectivity index (χ1) is 15.4. The van der Waals surface area contributed by atoms with Crippen LogP contribution in [0, 0.1) is 5.82 Å². The summed E-state index contributed by atoms with van der Waals surface area (Å²) < 4.78 is 19.3. The zero-order chi connectivity index (χ0) is 22.7. The quantitative estimate of drug-likeness (QED) is 0.353. The van der Waals surface area contributed by atoms with Crippen LogP contribution in [-0.2, 0) is 17.9 Å². The third-order valence-corrected chi connectivity index (χ3v) is 6.24. The number of nitrogens with zero attached hydrogens (tertiary/aromatic N) is 1. The normalized spacial score (nSPS) is 15.0. The zero-order valence-electron chi connectivity index (χ0n) is 16.6. The fraction of sp³-hybridized carbons (Fsp3) is 0.0833. The number of benzene rings is 3. The number of rotatable bonds is 6. The van der Waals surface area contributed by atoms with E-state index in [-0.39, 0.29) is 30.1 Å². The van der Waals surface area contributed by atoms with Crippen LogP contribution < -0.4 is 4.74 Å². The minimum Gasteiger partial charge on any atom is -0.489 e. The van der Waals surface area contributed by atoms with E-state index in [4.69, 9.17) is 27.9 Å². The molecule has 0 aromatic heterocycles. The molecule has 1 saturated heterocycles. The predicted molar refractivity (Wildman–Crippen MR) is 125 cm³/mol. The number of carbonyl (C=O) groups excluding carboxylic acids is 2. The number of hydrogen-bond donors (Lipinski definition) is 0. The summed E-state index contributed by atoms with van der Waals surface area (Å²) >= 11 is 12.9. The lowest BCUT2D eigenvalue weighted by Crippen LogP contribution is -2.27. The monoisotopic (exact) mass is 487 g/mol. The highest BCUT2D eigenvalue weighted by Crippen LogP contribution is 2.34. The second-order valence-electron chi connectivity index (χ2n) is 6.95. The Hall–Kier alpha value is -2.80. The average Bonchev–Trinajstić information content (AvgIpc) is 3.03. The van der Waals surface area contributed by atoms with Gasteiger partial charge in [-0.15, -0.1) is 0 Å². The first-order valence-corrected chi connectivity index (χ1v) is 11.1. The predicted octanol–water partition coefficient (Wildman–Crippen LogP) is 6.95. The summed E-state index contributed by atoms with van der Waals surface area (Å²) in [6.07, 6.45) is 1.65. The molecule has 162 valence electrons. The lowest BCUT2D eigenvalue weighted by molar-refractivity contribution is -0.123. The standard InChI is InChI=1S/C24H16Cl2FNO3S/c25-18-8-7-16(20(26)12-18)13-28-23(29)22(32-24(28)30)11-15-5-9-19(10-6-15)31-14-17-3-1-2-4-21(17)27/h1-12H,13-14H2/b22-11+. The molecule has 0 aliphatic carbocycles. The molecule has 4 rings (SSSR count). The lowest BCUT2D eigenvalue weighted by atomic mass is 10.2. The topological polar surface area (TPSA) is 46.6 Å². The maximum atomic E-state index is 13.7. The highest BCUT2D eigenvalue weighted by atomic mass is 35.5. The maximum absolute atomic E-state index is 13.7. The molecule has 0 N–H and O–H groups in total. The minimum absolute atomic E-state index is 0.0703. The van der Waals surface area contributed by atoms with E-state index in [2.05, 4.69) is 0 Å². The van der Waals surface area contributed by atoms with Crippen LogP contribution in [0.15, 0.2) is 71.6 Å². The molecule has 4 nitrogen and oxygen atoms in total. The average molecular weight is 488 g/mol. The smallest absolute Gasteiger partial charge is 0.293 e. The molecule has 1 aliphatic heterocycles. The van der Waals surface area contributed by atoms with Gasteiger partial charge in [-0.25, -0.2) is 4.39 Å². The molecule has 1 heterocycles. The van der Waals surface area contributed by atoms with Crippen molar-refractivity contribution in [1.82, 2.24) is 4.90 Å². The van der Waals surface area contributed by atoms with Crippen molar-refractivity contribution in [2.24, 2.45) is 0 Å². The second kappa shape index (κ2) is 9.77. The third kappa shape index (κ3) is 5.15. The SMILES string of the molecule is O=C1S/C(=C/c2ccc(OCc3ccccc3F)cc2)C(=O)N1Cc1ccc(Cl)cc1Cl. The van der Waals surface area contributed by atoms with Crippen LogP contribution in [0.25, 0.3) is 6.08 Å². The van der Waals surface area contributed by atoms with Crippen molar-refractivity contribution in [2.45, 2.75) is 13.2 Å². The largest absolute Gasteiger partial charge is 0.489 e. The van der Waals surface area contributed by atoms with E-state index >= 15 is 0 Å². The van der Waals surface area contributed by atoms with Gasteiger partial charge >= 0.3 is 0 Å². The summed E-state index contributed by atoms with van der Waals surface area (Å²) in [7, 11) is 0. The molecule has 3 aromatic rings. The van der Waals surface area contributed by atoms with Crippen molar-refractivity contribution in [1.29, 1.82) is 0 Å². The van der Waals surface area contributed by atoms with Gasteiger partial charge in [0.15, 0.2) is 0 Å². The van der Waals surface area contributed by atoms with Crippen LogP contribution >= 0.6 is 35.0 Å². The minimum atomic E-state index is -0.383. The molecule has 1 fully saturated rings. The Bertz CT molecular complexity index is 1210. The van der Waals surface area contributed by atoms with Crippen LogP contribution in [-0.4, -0.2) is 16.0 Å². The molecule has 32 heavy (non-hydrogen) atoms. The molecule has 0 bridgehead atoms. The van der Waals surface area contributed by atoms with Gasteiger partial charge in [-0.3, -0.25) is 14.5 Å². The second-order valence-corrected chi connectivity index (χ2v) is 8.79. The van der Waals surface area contributed by atoms with E-state index in [1.165, 1.54) is 6.07 Å². The van der Waals surface area contributed by atoms with Gasteiger partial charge in [0.05, 0.1) is 11.4 Å². The Morgan fingerprint density at radius 3 is 2.44 bits per heavy atom. The van der Waals surface area contributed by atoms with E-state index in [0.29, 0.717) is 31.8 Å². The van der Waals surface area contributed by atoms with Gasteiger partial charge in [0, 0.05) is 15.6 Å². The molecule has 0 radical (unpaired) electrons. The van der Waals surface area contributed by atoms with Gasteiger partial charge < -0.3 is 4.74 Å². The van der Waals surface area contributed by atoms with Crippen molar-refractivity contribution in [3.63, 3.8) is 0 Å². The van der Waals surface area contributed by atoms with Crippen molar-refractivity contribution < 1.29 is 18.7 Å². The molecule has 3 aromatic carbocycles. The molecule has 0 unspecified atom stereocenters. The summed E-state index contributed by atoms with van der Waals surface area (Å²) in [5.74, 6) is -0.137. The highest BCUT2D eigenvalue weighted by Gasteiger charge is 2.35.